The maximum Gasteiger partial charge on any atom is 0.402 e. The number of alkyl halides is 3. The van der Waals surface area contributed by atoms with Crippen LogP contribution in [0.3, 0.4) is 0 Å². The molecule has 0 bridgehead atoms. The average molecular weight is 315 g/mol. The molecule has 0 unspecified atom stereocenters. The van der Waals surface area contributed by atoms with Gasteiger partial charge in [0.15, 0.2) is 5.03 Å². The van der Waals surface area contributed by atoms with Crippen LogP contribution in [0.4, 0.5) is 13.2 Å². The second-order valence-corrected chi connectivity index (χ2v) is 5.74. The Labute approximate surface area is 112 Å². The van der Waals surface area contributed by atoms with Crippen molar-refractivity contribution < 1.29 is 31.5 Å². The number of aromatic nitrogens is 2. The quantitative estimate of drug-likeness (QED) is 0.800. The van der Waals surface area contributed by atoms with Crippen molar-refractivity contribution in [1.82, 2.24) is 14.3 Å². The third-order valence-corrected chi connectivity index (χ3v) is 3.93. The molecule has 0 aromatic carbocycles. The van der Waals surface area contributed by atoms with Gasteiger partial charge in [0.2, 0.25) is 0 Å². The molecule has 7 nitrogen and oxygen atoms in total. The number of aryl methyl sites for hydroxylation is 1. The minimum absolute atomic E-state index is 0.164. The monoisotopic (exact) mass is 315 g/mol. The summed E-state index contributed by atoms with van der Waals surface area (Å²) in [6.07, 6.45) is -3.64. The number of imidazole rings is 1. The number of hydrogen-bond donors (Lipinski definition) is 2. The summed E-state index contributed by atoms with van der Waals surface area (Å²) in [5.41, 5.74) is 0. The van der Waals surface area contributed by atoms with Gasteiger partial charge in [0.05, 0.1) is 6.20 Å². The van der Waals surface area contributed by atoms with Gasteiger partial charge in [0.25, 0.3) is 10.0 Å². The molecule has 0 radical (unpaired) electrons. The first-order chi connectivity index (χ1) is 9.06. The Bertz CT molecular complexity index is 582. The SMILES string of the molecule is CCc1ncc(S(=O)(=O)N(CC(=O)O)CC(F)(F)F)[nH]1. The number of H-pyrrole nitrogens is 1. The Morgan fingerprint density at radius 3 is 2.50 bits per heavy atom. The minimum Gasteiger partial charge on any atom is -0.480 e. The molecule has 1 heterocycles. The van der Waals surface area contributed by atoms with E-state index in [2.05, 4.69) is 9.97 Å². The van der Waals surface area contributed by atoms with Gasteiger partial charge in [-0.3, -0.25) is 4.79 Å². The molecule has 1 aromatic rings. The van der Waals surface area contributed by atoms with Crippen LogP contribution in [0.15, 0.2) is 11.2 Å². The molecule has 1 aromatic heterocycles. The molecule has 0 atom stereocenters. The lowest BCUT2D eigenvalue weighted by Crippen LogP contribution is -2.42. The summed E-state index contributed by atoms with van der Waals surface area (Å²) in [5.74, 6) is -1.42. The van der Waals surface area contributed by atoms with Crippen LogP contribution in [0, 0.1) is 0 Å². The van der Waals surface area contributed by atoms with Gasteiger partial charge in [-0.25, -0.2) is 13.4 Å². The highest BCUT2D eigenvalue weighted by atomic mass is 32.2. The summed E-state index contributed by atoms with van der Waals surface area (Å²) in [5, 5.41) is 7.97. The van der Waals surface area contributed by atoms with Crippen LogP contribution >= 0.6 is 0 Å². The van der Waals surface area contributed by atoms with E-state index in [9.17, 15) is 26.4 Å². The summed E-state index contributed by atoms with van der Waals surface area (Å²) >= 11 is 0. The highest BCUT2D eigenvalue weighted by Crippen LogP contribution is 2.21. The van der Waals surface area contributed by atoms with Crippen molar-refractivity contribution in [3.05, 3.63) is 12.0 Å². The molecule has 0 saturated heterocycles. The lowest BCUT2D eigenvalue weighted by Gasteiger charge is -2.20. The fourth-order valence-electron chi connectivity index (χ4n) is 1.37. The maximum absolute atomic E-state index is 12.3. The number of rotatable bonds is 6. The smallest absolute Gasteiger partial charge is 0.402 e. The molecule has 114 valence electrons. The molecule has 2 N–H and O–H groups in total. The Balaban J connectivity index is 3.13. The van der Waals surface area contributed by atoms with Crippen LogP contribution in [0.1, 0.15) is 12.7 Å². The van der Waals surface area contributed by atoms with Gasteiger partial charge in [0, 0.05) is 6.42 Å². The molecule has 20 heavy (non-hydrogen) atoms. The van der Waals surface area contributed by atoms with Gasteiger partial charge in [-0.2, -0.15) is 17.5 Å². The number of carbonyl (C=O) groups is 1. The van der Waals surface area contributed by atoms with Crippen LogP contribution in [0.2, 0.25) is 0 Å². The molecule has 0 fully saturated rings. The molecule has 0 saturated carbocycles. The van der Waals surface area contributed by atoms with Crippen molar-refractivity contribution in [2.45, 2.75) is 24.5 Å². The Morgan fingerprint density at radius 2 is 2.10 bits per heavy atom. The lowest BCUT2D eigenvalue weighted by atomic mass is 10.5. The largest absolute Gasteiger partial charge is 0.480 e. The first kappa shape index (κ1) is 16.4. The standard InChI is InChI=1S/C9H12F3N3O4S/c1-2-6-13-3-7(14-6)20(18,19)15(4-8(16)17)5-9(10,11)12/h3H,2,4-5H2,1H3,(H,13,14)(H,16,17). The summed E-state index contributed by atoms with van der Waals surface area (Å²) < 4.78 is 60.8. The van der Waals surface area contributed by atoms with E-state index in [0.29, 0.717) is 6.42 Å². The highest BCUT2D eigenvalue weighted by Gasteiger charge is 2.38. The average Bonchev–Trinajstić information content (AvgIpc) is 2.74. The number of carboxylic acids is 1. The second-order valence-electron chi connectivity index (χ2n) is 3.83. The fourth-order valence-corrected chi connectivity index (χ4v) is 2.68. The van der Waals surface area contributed by atoms with E-state index in [-0.39, 0.29) is 10.1 Å². The van der Waals surface area contributed by atoms with Crippen molar-refractivity contribution in [3.63, 3.8) is 0 Å². The molecule has 0 aliphatic rings. The topological polar surface area (TPSA) is 103 Å². The first-order valence-electron chi connectivity index (χ1n) is 5.39. The predicted octanol–water partition coefficient (Wildman–Crippen LogP) is 0.610. The summed E-state index contributed by atoms with van der Waals surface area (Å²) in [4.78, 5) is 16.5. The van der Waals surface area contributed by atoms with Crippen molar-refractivity contribution in [3.8, 4) is 0 Å². The van der Waals surface area contributed by atoms with Crippen LogP contribution < -0.4 is 0 Å². The Morgan fingerprint density at radius 1 is 1.50 bits per heavy atom. The van der Waals surface area contributed by atoms with Gasteiger partial charge in [-0.1, -0.05) is 6.92 Å². The van der Waals surface area contributed by atoms with Crippen LogP contribution in [-0.2, 0) is 21.2 Å². The normalized spacial score (nSPS) is 12.8. The van der Waals surface area contributed by atoms with Gasteiger partial charge < -0.3 is 10.1 Å². The zero-order chi connectivity index (χ0) is 15.6. The molecule has 11 heteroatoms. The number of sulfonamides is 1. The maximum atomic E-state index is 12.3. The van der Waals surface area contributed by atoms with Gasteiger partial charge in [-0.15, -0.1) is 0 Å². The molecule has 0 aliphatic heterocycles. The molecular weight excluding hydrogens is 303 g/mol. The zero-order valence-electron chi connectivity index (χ0n) is 10.3. The van der Waals surface area contributed by atoms with Crippen molar-refractivity contribution in [1.29, 1.82) is 0 Å². The van der Waals surface area contributed by atoms with E-state index >= 15 is 0 Å². The number of carboxylic acid groups (broad SMARTS) is 1. The minimum atomic E-state index is -4.85. The van der Waals surface area contributed by atoms with Gasteiger partial charge >= 0.3 is 12.1 Å². The number of nitrogens with one attached hydrogen (secondary N) is 1. The van der Waals surface area contributed by atoms with Crippen LogP contribution in [0.25, 0.3) is 0 Å². The third kappa shape index (κ3) is 4.20. The number of halogens is 3. The third-order valence-electron chi connectivity index (χ3n) is 2.23. The summed E-state index contributed by atoms with van der Waals surface area (Å²) in [7, 11) is -4.60. The number of aliphatic carboxylic acids is 1. The van der Waals surface area contributed by atoms with E-state index in [4.69, 9.17) is 5.11 Å². The number of aromatic amines is 1. The zero-order valence-corrected chi connectivity index (χ0v) is 11.1. The molecule has 0 amide bonds. The van der Waals surface area contributed by atoms with E-state index in [1.165, 1.54) is 0 Å². The lowest BCUT2D eigenvalue weighted by molar-refractivity contribution is -0.146. The molecule has 0 spiro atoms. The van der Waals surface area contributed by atoms with Gasteiger partial charge in [0.1, 0.15) is 18.9 Å². The predicted molar refractivity (Wildman–Crippen MR) is 60.4 cm³/mol. The van der Waals surface area contributed by atoms with Gasteiger partial charge in [-0.05, 0) is 0 Å². The summed E-state index contributed by atoms with van der Waals surface area (Å²) in [6.45, 7) is -1.51. The molecule has 1 rings (SSSR count). The second kappa shape index (κ2) is 5.79. The number of hydrogen-bond acceptors (Lipinski definition) is 4. The molecular formula is C9H12F3N3O4S. The first-order valence-corrected chi connectivity index (χ1v) is 6.83. The van der Waals surface area contributed by atoms with Crippen LogP contribution in [-0.4, -0.2) is 53.0 Å². The molecule has 0 aliphatic carbocycles. The van der Waals surface area contributed by atoms with E-state index in [1.54, 1.807) is 6.92 Å². The Hall–Kier alpha value is -1.62. The van der Waals surface area contributed by atoms with E-state index < -0.39 is 40.3 Å². The van der Waals surface area contributed by atoms with E-state index in [1.807, 2.05) is 0 Å². The van der Waals surface area contributed by atoms with Crippen LogP contribution in [0.5, 0.6) is 0 Å². The van der Waals surface area contributed by atoms with Crippen molar-refractivity contribution >= 4 is 16.0 Å². The fraction of sp³-hybridized carbons (Fsp3) is 0.556. The van der Waals surface area contributed by atoms with Crippen molar-refractivity contribution in [2.24, 2.45) is 0 Å². The van der Waals surface area contributed by atoms with E-state index in [0.717, 1.165) is 6.20 Å². The summed E-state index contributed by atoms with van der Waals surface area (Å²) in [6, 6.07) is 0. The number of nitrogens with zero attached hydrogens (tertiary/aromatic N) is 2. The Kier molecular flexibility index (Phi) is 4.76. The highest BCUT2D eigenvalue weighted by molar-refractivity contribution is 7.89. The van der Waals surface area contributed by atoms with Crippen molar-refractivity contribution in [2.75, 3.05) is 13.1 Å².